The topological polar surface area (TPSA) is 80.7 Å². The molecule has 2 heterocycles. The van der Waals surface area contributed by atoms with Gasteiger partial charge >= 0.3 is 0 Å². The fourth-order valence-corrected chi connectivity index (χ4v) is 2.33. The molecule has 5 nitrogen and oxygen atoms in total. The molecule has 0 amide bonds. The van der Waals surface area contributed by atoms with Gasteiger partial charge in [0.25, 0.3) is 5.22 Å². The van der Waals surface area contributed by atoms with E-state index in [2.05, 4.69) is 15.0 Å². The molecule has 3 aromatic rings. The van der Waals surface area contributed by atoms with Crippen molar-refractivity contribution in [1.29, 1.82) is 0 Å². The highest BCUT2D eigenvalue weighted by Crippen LogP contribution is 2.31. The Kier molecular flexibility index (Phi) is 2.29. The largest absolute Gasteiger partial charge is 0.431 e. The third-order valence-electron chi connectivity index (χ3n) is 2.27. The number of nitrogens with zero attached hydrogens (tertiary/aromatic N) is 2. The van der Waals surface area contributed by atoms with Gasteiger partial charge in [0.2, 0.25) is 0 Å². The van der Waals surface area contributed by atoms with E-state index >= 15 is 0 Å². The van der Waals surface area contributed by atoms with Crippen molar-refractivity contribution >= 4 is 28.7 Å². The molecule has 6 heteroatoms. The van der Waals surface area contributed by atoms with Gasteiger partial charge < -0.3 is 15.1 Å². The normalized spacial score (nSPS) is 11.1. The number of rotatable bonds is 2. The Morgan fingerprint density at radius 1 is 1.29 bits per heavy atom. The van der Waals surface area contributed by atoms with Crippen molar-refractivity contribution in [2.24, 2.45) is 0 Å². The maximum atomic E-state index is 5.78. The quantitative estimate of drug-likeness (QED) is 0.726. The summed E-state index contributed by atoms with van der Waals surface area (Å²) in [7, 11) is 0. The molecule has 17 heavy (non-hydrogen) atoms. The van der Waals surface area contributed by atoms with E-state index in [9.17, 15) is 0 Å². The molecular formula is C11H10N4OS. The molecule has 3 N–H and O–H groups in total. The average Bonchev–Trinajstić information content (AvgIpc) is 2.82. The fourth-order valence-electron chi connectivity index (χ4n) is 1.54. The van der Waals surface area contributed by atoms with Gasteiger partial charge in [-0.1, -0.05) is 12.1 Å². The number of fused-ring (bicyclic) bond motifs is 1. The van der Waals surface area contributed by atoms with Gasteiger partial charge in [0.05, 0.1) is 0 Å². The number of anilines is 1. The number of benzene rings is 1. The van der Waals surface area contributed by atoms with Crippen LogP contribution in [0.4, 0.5) is 5.82 Å². The number of aromatic nitrogens is 3. The molecule has 0 fully saturated rings. The first-order chi connectivity index (χ1) is 8.22. The zero-order valence-corrected chi connectivity index (χ0v) is 9.91. The molecule has 0 aliphatic carbocycles. The SMILES string of the molecule is Cc1nc(Sc2nc3ccccc3o2)c(N)[nH]1. The van der Waals surface area contributed by atoms with Gasteiger partial charge in [-0.05, 0) is 30.8 Å². The number of nitrogen functional groups attached to an aromatic ring is 1. The van der Waals surface area contributed by atoms with Gasteiger partial charge in [-0.15, -0.1) is 0 Å². The summed E-state index contributed by atoms with van der Waals surface area (Å²) in [6.45, 7) is 1.85. The average molecular weight is 246 g/mol. The summed E-state index contributed by atoms with van der Waals surface area (Å²) < 4.78 is 5.58. The van der Waals surface area contributed by atoms with Gasteiger partial charge in [-0.2, -0.15) is 0 Å². The smallest absolute Gasteiger partial charge is 0.263 e. The summed E-state index contributed by atoms with van der Waals surface area (Å²) in [5.41, 5.74) is 7.37. The summed E-state index contributed by atoms with van der Waals surface area (Å²) in [6.07, 6.45) is 0. The highest BCUT2D eigenvalue weighted by Gasteiger charge is 2.12. The molecule has 0 radical (unpaired) electrons. The van der Waals surface area contributed by atoms with Crippen LogP contribution in [-0.2, 0) is 0 Å². The summed E-state index contributed by atoms with van der Waals surface area (Å²) in [4.78, 5) is 11.5. The monoisotopic (exact) mass is 246 g/mol. The molecule has 0 bridgehead atoms. The van der Waals surface area contributed by atoms with Crippen LogP contribution in [0.3, 0.4) is 0 Å². The second-order valence-corrected chi connectivity index (χ2v) is 4.53. The molecule has 86 valence electrons. The number of imidazole rings is 1. The first-order valence-corrected chi connectivity index (χ1v) is 5.89. The first kappa shape index (κ1) is 10.2. The van der Waals surface area contributed by atoms with Crippen LogP contribution in [0, 0.1) is 6.92 Å². The van der Waals surface area contributed by atoms with Crippen LogP contribution in [0.25, 0.3) is 11.1 Å². The lowest BCUT2D eigenvalue weighted by Crippen LogP contribution is -1.86. The van der Waals surface area contributed by atoms with Gasteiger partial charge in [-0.25, -0.2) is 9.97 Å². The molecule has 1 aromatic carbocycles. The number of H-pyrrole nitrogens is 1. The maximum Gasteiger partial charge on any atom is 0.263 e. The lowest BCUT2D eigenvalue weighted by atomic mass is 10.3. The van der Waals surface area contributed by atoms with Crippen LogP contribution in [0.1, 0.15) is 5.82 Å². The van der Waals surface area contributed by atoms with E-state index < -0.39 is 0 Å². The van der Waals surface area contributed by atoms with E-state index in [0.717, 1.165) is 16.9 Å². The molecule has 0 aliphatic heterocycles. The number of hydrogen-bond donors (Lipinski definition) is 2. The maximum absolute atomic E-state index is 5.78. The number of hydrogen-bond acceptors (Lipinski definition) is 5. The van der Waals surface area contributed by atoms with Crippen molar-refractivity contribution in [2.75, 3.05) is 5.73 Å². The third-order valence-corrected chi connectivity index (χ3v) is 3.13. The second-order valence-electron chi connectivity index (χ2n) is 3.59. The predicted octanol–water partition coefficient (Wildman–Crippen LogP) is 2.59. The van der Waals surface area contributed by atoms with Crippen LogP contribution in [-0.4, -0.2) is 15.0 Å². The predicted molar refractivity (Wildman–Crippen MR) is 65.9 cm³/mol. The number of oxazole rings is 1. The Morgan fingerprint density at radius 3 is 2.82 bits per heavy atom. The summed E-state index contributed by atoms with van der Waals surface area (Å²) in [5, 5.41) is 1.23. The lowest BCUT2D eigenvalue weighted by molar-refractivity contribution is 0.489. The van der Waals surface area contributed by atoms with Crippen LogP contribution in [0.15, 0.2) is 38.9 Å². The van der Waals surface area contributed by atoms with Crippen LogP contribution < -0.4 is 5.73 Å². The Morgan fingerprint density at radius 2 is 2.12 bits per heavy atom. The van der Waals surface area contributed by atoms with Gasteiger partial charge in [0.15, 0.2) is 5.58 Å². The van der Waals surface area contributed by atoms with E-state index in [0.29, 0.717) is 16.1 Å². The van der Waals surface area contributed by atoms with Crippen LogP contribution in [0.2, 0.25) is 0 Å². The fraction of sp³-hybridized carbons (Fsp3) is 0.0909. The Balaban J connectivity index is 1.97. The summed E-state index contributed by atoms with van der Waals surface area (Å²) in [5.74, 6) is 1.32. The number of para-hydroxylation sites is 2. The van der Waals surface area contributed by atoms with Gasteiger partial charge in [0, 0.05) is 0 Å². The van der Waals surface area contributed by atoms with E-state index in [1.807, 2.05) is 31.2 Å². The van der Waals surface area contributed by atoms with Crippen molar-refractivity contribution in [3.05, 3.63) is 30.1 Å². The number of nitrogens with one attached hydrogen (secondary N) is 1. The van der Waals surface area contributed by atoms with E-state index in [-0.39, 0.29) is 0 Å². The Labute approximate surface area is 101 Å². The van der Waals surface area contributed by atoms with Crippen molar-refractivity contribution in [2.45, 2.75) is 17.2 Å². The second kappa shape index (κ2) is 3.81. The zero-order chi connectivity index (χ0) is 11.8. The molecule has 0 aliphatic rings. The van der Waals surface area contributed by atoms with Crippen LogP contribution in [0.5, 0.6) is 0 Å². The van der Waals surface area contributed by atoms with E-state index in [4.69, 9.17) is 10.2 Å². The summed E-state index contributed by atoms with van der Waals surface area (Å²) >= 11 is 1.32. The number of nitrogens with two attached hydrogens (primary N) is 1. The van der Waals surface area contributed by atoms with Crippen molar-refractivity contribution in [3.8, 4) is 0 Å². The zero-order valence-electron chi connectivity index (χ0n) is 9.10. The lowest BCUT2D eigenvalue weighted by Gasteiger charge is -1.91. The third kappa shape index (κ3) is 1.87. The Hall–Kier alpha value is -1.95. The van der Waals surface area contributed by atoms with Crippen molar-refractivity contribution in [3.63, 3.8) is 0 Å². The highest BCUT2D eigenvalue weighted by molar-refractivity contribution is 7.99. The minimum Gasteiger partial charge on any atom is -0.431 e. The molecule has 3 rings (SSSR count). The van der Waals surface area contributed by atoms with Crippen molar-refractivity contribution < 1.29 is 4.42 Å². The van der Waals surface area contributed by atoms with Crippen molar-refractivity contribution in [1.82, 2.24) is 15.0 Å². The number of aryl methyl sites for hydroxylation is 1. The molecule has 0 spiro atoms. The number of aromatic amines is 1. The molecular weight excluding hydrogens is 236 g/mol. The molecule has 0 unspecified atom stereocenters. The minimum atomic E-state index is 0.537. The summed E-state index contributed by atoms with van der Waals surface area (Å²) in [6, 6.07) is 7.62. The molecule has 0 saturated heterocycles. The first-order valence-electron chi connectivity index (χ1n) is 5.08. The van der Waals surface area contributed by atoms with E-state index in [1.54, 1.807) is 0 Å². The Bertz CT molecular complexity index is 640. The minimum absolute atomic E-state index is 0.537. The molecule has 2 aromatic heterocycles. The molecule has 0 atom stereocenters. The van der Waals surface area contributed by atoms with Crippen LogP contribution >= 0.6 is 11.8 Å². The van der Waals surface area contributed by atoms with Gasteiger partial charge in [0.1, 0.15) is 22.2 Å². The van der Waals surface area contributed by atoms with E-state index in [1.165, 1.54) is 11.8 Å². The standard InChI is InChI=1S/C11H10N4OS/c1-6-13-9(12)10(14-6)17-11-15-7-4-2-3-5-8(7)16-11/h2-5H,12H2,1H3,(H,13,14). The van der Waals surface area contributed by atoms with Gasteiger partial charge in [-0.3, -0.25) is 0 Å². The molecule has 0 saturated carbocycles. The highest BCUT2D eigenvalue weighted by atomic mass is 32.2.